The van der Waals surface area contributed by atoms with Gasteiger partial charge < -0.3 is 4.74 Å². The maximum atomic E-state index is 12.1. The second kappa shape index (κ2) is 6.70. The number of aryl methyl sites for hydroxylation is 1. The van der Waals surface area contributed by atoms with Gasteiger partial charge in [-0.05, 0) is 18.6 Å². The Bertz CT molecular complexity index is 886. The van der Waals surface area contributed by atoms with Crippen LogP contribution in [-0.4, -0.2) is 20.6 Å². The lowest BCUT2D eigenvalue weighted by molar-refractivity contribution is 0.0468. The summed E-state index contributed by atoms with van der Waals surface area (Å²) in [5.41, 5.74) is 0.624. The minimum Gasteiger partial charge on any atom is -0.456 e. The average Bonchev–Trinajstić information content (AvgIpc) is 2.97. The van der Waals surface area contributed by atoms with E-state index < -0.39 is 5.97 Å². The summed E-state index contributed by atoms with van der Waals surface area (Å²) in [4.78, 5) is 28.8. The van der Waals surface area contributed by atoms with Gasteiger partial charge in [-0.3, -0.25) is 4.79 Å². The molecule has 118 valence electrons. The molecule has 0 fully saturated rings. The van der Waals surface area contributed by atoms with Crippen LogP contribution in [0.25, 0.3) is 4.96 Å². The molecular weight excluding hydrogens is 314 g/mol. The Morgan fingerprint density at radius 2 is 2.09 bits per heavy atom. The van der Waals surface area contributed by atoms with E-state index in [2.05, 4.69) is 17.0 Å². The number of esters is 1. The van der Waals surface area contributed by atoms with Crippen molar-refractivity contribution in [2.75, 3.05) is 0 Å². The second-order valence-corrected chi connectivity index (χ2v) is 6.01. The Kier molecular flexibility index (Phi) is 4.47. The summed E-state index contributed by atoms with van der Waals surface area (Å²) >= 11 is 1.38. The molecule has 2 aromatic heterocycles. The van der Waals surface area contributed by atoms with E-state index in [4.69, 9.17) is 4.74 Å². The molecule has 0 unspecified atom stereocenters. The molecule has 3 rings (SSSR count). The van der Waals surface area contributed by atoms with Crippen molar-refractivity contribution in [3.63, 3.8) is 0 Å². The zero-order valence-corrected chi connectivity index (χ0v) is 13.4. The molecule has 7 heteroatoms. The molecule has 0 spiro atoms. The van der Waals surface area contributed by atoms with E-state index in [9.17, 15) is 9.59 Å². The van der Waals surface area contributed by atoms with Crippen molar-refractivity contribution in [3.8, 4) is 0 Å². The van der Waals surface area contributed by atoms with Crippen LogP contribution in [0.4, 0.5) is 0 Å². The lowest BCUT2D eigenvalue weighted by Crippen LogP contribution is -2.16. The number of hydrogen-bond donors (Lipinski definition) is 0. The van der Waals surface area contributed by atoms with Crippen molar-refractivity contribution in [1.82, 2.24) is 14.6 Å². The van der Waals surface area contributed by atoms with Crippen LogP contribution in [-0.2, 0) is 17.8 Å². The van der Waals surface area contributed by atoms with Gasteiger partial charge >= 0.3 is 5.97 Å². The summed E-state index contributed by atoms with van der Waals surface area (Å²) in [6.07, 6.45) is 1.77. The van der Waals surface area contributed by atoms with Crippen LogP contribution in [0.5, 0.6) is 0 Å². The fraction of sp³-hybridized carbons (Fsp3) is 0.250. The first kappa shape index (κ1) is 15.4. The van der Waals surface area contributed by atoms with Gasteiger partial charge in [0.05, 0.1) is 11.3 Å². The third-order valence-electron chi connectivity index (χ3n) is 3.16. The highest BCUT2D eigenvalue weighted by Crippen LogP contribution is 2.13. The van der Waals surface area contributed by atoms with Crippen molar-refractivity contribution in [2.24, 2.45) is 0 Å². The SMILES string of the molecule is CCCc1nn2c(=O)cc(COC(=O)c3ccccc3)nc2s1. The van der Waals surface area contributed by atoms with Crippen LogP contribution < -0.4 is 5.56 Å². The number of carbonyl (C=O) groups is 1. The molecular formula is C16H15N3O3S. The van der Waals surface area contributed by atoms with Crippen molar-refractivity contribution >= 4 is 22.3 Å². The molecule has 2 heterocycles. The molecule has 0 aliphatic rings. The first-order chi connectivity index (χ1) is 11.2. The van der Waals surface area contributed by atoms with E-state index in [1.54, 1.807) is 24.3 Å². The normalized spacial score (nSPS) is 10.8. The van der Waals surface area contributed by atoms with Crippen molar-refractivity contribution in [2.45, 2.75) is 26.4 Å². The fourth-order valence-electron chi connectivity index (χ4n) is 2.08. The molecule has 1 aromatic carbocycles. The Balaban J connectivity index is 1.78. The molecule has 0 radical (unpaired) electrons. The molecule has 0 amide bonds. The number of rotatable bonds is 5. The zero-order chi connectivity index (χ0) is 16.2. The lowest BCUT2D eigenvalue weighted by atomic mass is 10.2. The maximum Gasteiger partial charge on any atom is 0.338 e. The van der Waals surface area contributed by atoms with Gasteiger partial charge in [0.25, 0.3) is 5.56 Å². The van der Waals surface area contributed by atoms with Gasteiger partial charge in [0, 0.05) is 12.5 Å². The fourth-order valence-corrected chi connectivity index (χ4v) is 3.10. The number of fused-ring (bicyclic) bond motifs is 1. The van der Waals surface area contributed by atoms with Crippen molar-refractivity contribution < 1.29 is 9.53 Å². The summed E-state index contributed by atoms with van der Waals surface area (Å²) in [6, 6.07) is 10.0. The molecule has 0 aliphatic heterocycles. The smallest absolute Gasteiger partial charge is 0.338 e. The van der Waals surface area contributed by atoms with Crippen LogP contribution in [0.1, 0.15) is 34.4 Å². The molecule has 0 atom stereocenters. The van der Waals surface area contributed by atoms with Crippen LogP contribution in [0.2, 0.25) is 0 Å². The third kappa shape index (κ3) is 3.45. The maximum absolute atomic E-state index is 12.1. The van der Waals surface area contributed by atoms with E-state index in [-0.39, 0.29) is 12.2 Å². The van der Waals surface area contributed by atoms with E-state index in [0.29, 0.717) is 16.2 Å². The number of aromatic nitrogens is 3. The number of hydrogen-bond acceptors (Lipinski definition) is 6. The molecule has 0 N–H and O–H groups in total. The van der Waals surface area contributed by atoms with Gasteiger partial charge in [-0.25, -0.2) is 9.78 Å². The van der Waals surface area contributed by atoms with Gasteiger partial charge in [0.1, 0.15) is 11.6 Å². The Labute approximate surface area is 136 Å². The van der Waals surface area contributed by atoms with E-state index in [1.807, 2.05) is 6.07 Å². The summed E-state index contributed by atoms with van der Waals surface area (Å²) in [5.74, 6) is -0.441. The Morgan fingerprint density at radius 3 is 2.83 bits per heavy atom. The Morgan fingerprint density at radius 1 is 1.30 bits per heavy atom. The standard InChI is InChI=1S/C16H15N3O3S/c1-2-6-13-18-19-14(20)9-12(17-16(19)23-13)10-22-15(21)11-7-4-3-5-8-11/h3-5,7-9H,2,6,10H2,1H3. The van der Waals surface area contributed by atoms with Crippen molar-refractivity contribution in [3.05, 3.63) is 63.0 Å². The Hall–Kier alpha value is -2.54. The average molecular weight is 329 g/mol. The minimum absolute atomic E-state index is 0.0412. The van der Waals surface area contributed by atoms with Crippen LogP contribution in [0, 0.1) is 0 Å². The first-order valence-corrected chi connectivity index (χ1v) is 8.10. The van der Waals surface area contributed by atoms with E-state index in [1.165, 1.54) is 21.9 Å². The monoisotopic (exact) mass is 329 g/mol. The molecule has 0 saturated carbocycles. The summed E-state index contributed by atoms with van der Waals surface area (Å²) in [7, 11) is 0. The van der Waals surface area contributed by atoms with Gasteiger partial charge in [-0.15, -0.1) is 0 Å². The first-order valence-electron chi connectivity index (χ1n) is 7.28. The van der Waals surface area contributed by atoms with Gasteiger partial charge in [0.15, 0.2) is 0 Å². The van der Waals surface area contributed by atoms with E-state index in [0.717, 1.165) is 17.8 Å². The molecule has 3 aromatic rings. The largest absolute Gasteiger partial charge is 0.456 e. The molecule has 0 aliphatic carbocycles. The topological polar surface area (TPSA) is 73.6 Å². The third-order valence-corrected chi connectivity index (χ3v) is 4.13. The predicted octanol–water partition coefficient (Wildman–Crippen LogP) is 2.46. The van der Waals surface area contributed by atoms with E-state index >= 15 is 0 Å². The van der Waals surface area contributed by atoms with Crippen LogP contribution >= 0.6 is 11.3 Å². The summed E-state index contributed by atoms with van der Waals surface area (Å²) < 4.78 is 6.50. The van der Waals surface area contributed by atoms with Crippen LogP contribution in [0.3, 0.4) is 0 Å². The van der Waals surface area contributed by atoms with Gasteiger partial charge in [-0.2, -0.15) is 9.61 Å². The highest BCUT2D eigenvalue weighted by atomic mass is 32.1. The highest BCUT2D eigenvalue weighted by molar-refractivity contribution is 7.16. The minimum atomic E-state index is -0.441. The molecule has 0 saturated heterocycles. The predicted molar refractivity (Wildman–Crippen MR) is 86.7 cm³/mol. The number of benzene rings is 1. The number of ether oxygens (including phenoxy) is 1. The molecule has 23 heavy (non-hydrogen) atoms. The summed E-state index contributed by atoms with van der Waals surface area (Å²) in [6.45, 7) is 2.01. The highest BCUT2D eigenvalue weighted by Gasteiger charge is 2.11. The van der Waals surface area contributed by atoms with Gasteiger partial charge in [0.2, 0.25) is 4.96 Å². The number of carbonyl (C=O) groups excluding carboxylic acids is 1. The molecule has 6 nitrogen and oxygen atoms in total. The lowest BCUT2D eigenvalue weighted by Gasteiger charge is -2.04. The van der Waals surface area contributed by atoms with Gasteiger partial charge in [-0.1, -0.05) is 36.5 Å². The summed E-state index contributed by atoms with van der Waals surface area (Å²) in [5, 5.41) is 5.11. The second-order valence-electron chi connectivity index (χ2n) is 4.97. The quantitative estimate of drug-likeness (QED) is 0.672. The van der Waals surface area contributed by atoms with Crippen molar-refractivity contribution in [1.29, 1.82) is 0 Å². The zero-order valence-electron chi connectivity index (χ0n) is 12.6. The molecule has 0 bridgehead atoms. The van der Waals surface area contributed by atoms with Crippen LogP contribution in [0.15, 0.2) is 41.2 Å². The number of nitrogens with zero attached hydrogens (tertiary/aromatic N) is 3.